The molecule has 2 nitrogen and oxygen atoms in total. The van der Waals surface area contributed by atoms with Gasteiger partial charge in [0.15, 0.2) is 11.6 Å². The van der Waals surface area contributed by atoms with Crippen LogP contribution < -0.4 is 0 Å². The Morgan fingerprint density at radius 3 is 2.72 bits per heavy atom. The molecule has 0 aromatic heterocycles. The zero-order chi connectivity index (χ0) is 13.3. The number of likely N-dealkylation sites (tertiary alicyclic amines) is 1. The second-order valence-corrected chi connectivity index (χ2v) is 5.15. The quantitative estimate of drug-likeness (QED) is 0.793. The van der Waals surface area contributed by atoms with Crippen LogP contribution in [0, 0.1) is 23.5 Å². The highest BCUT2D eigenvalue weighted by Crippen LogP contribution is 2.25. The number of carbonyl (C=O) groups is 1. The largest absolute Gasteiger partial charge is 0.338 e. The van der Waals surface area contributed by atoms with Gasteiger partial charge in [0.25, 0.3) is 5.91 Å². The third-order valence-corrected chi connectivity index (χ3v) is 3.64. The summed E-state index contributed by atoms with van der Waals surface area (Å²) in [4.78, 5) is 13.7. The summed E-state index contributed by atoms with van der Waals surface area (Å²) in [7, 11) is 0. The predicted molar refractivity (Wildman–Crippen MR) is 65.2 cm³/mol. The first-order valence-electron chi connectivity index (χ1n) is 6.24. The van der Waals surface area contributed by atoms with Gasteiger partial charge in [-0.05, 0) is 30.4 Å². The molecule has 1 heterocycles. The molecule has 1 aliphatic heterocycles. The van der Waals surface area contributed by atoms with Crippen LogP contribution in [-0.2, 0) is 0 Å². The lowest BCUT2D eigenvalue weighted by Crippen LogP contribution is -2.30. The molecule has 0 bridgehead atoms. The maximum absolute atomic E-state index is 13.5. The number of hydrogen-bond acceptors (Lipinski definition) is 1. The summed E-state index contributed by atoms with van der Waals surface area (Å²) in [6, 6.07) is 3.72. The average molecular weight is 253 g/mol. The van der Waals surface area contributed by atoms with Crippen molar-refractivity contribution < 1.29 is 13.6 Å². The Hall–Kier alpha value is -1.45. The minimum absolute atomic E-state index is 0.167. The van der Waals surface area contributed by atoms with E-state index in [1.807, 2.05) is 0 Å². The molecule has 0 saturated carbocycles. The van der Waals surface area contributed by atoms with Crippen LogP contribution in [0.2, 0.25) is 0 Å². The van der Waals surface area contributed by atoms with E-state index in [1.54, 1.807) is 4.90 Å². The summed E-state index contributed by atoms with van der Waals surface area (Å²) < 4.78 is 26.6. The van der Waals surface area contributed by atoms with Crippen molar-refractivity contribution in [1.29, 1.82) is 0 Å². The topological polar surface area (TPSA) is 20.3 Å². The van der Waals surface area contributed by atoms with E-state index in [2.05, 4.69) is 13.8 Å². The van der Waals surface area contributed by atoms with Crippen molar-refractivity contribution in [2.24, 2.45) is 11.8 Å². The molecule has 0 radical (unpaired) electrons. The van der Waals surface area contributed by atoms with Crippen molar-refractivity contribution in [3.63, 3.8) is 0 Å². The molecule has 98 valence electrons. The van der Waals surface area contributed by atoms with Crippen LogP contribution in [0.1, 0.15) is 30.6 Å². The first kappa shape index (κ1) is 13.0. The Morgan fingerprint density at radius 2 is 2.11 bits per heavy atom. The van der Waals surface area contributed by atoms with E-state index in [9.17, 15) is 13.6 Å². The minimum Gasteiger partial charge on any atom is -0.338 e. The Kier molecular flexibility index (Phi) is 3.64. The van der Waals surface area contributed by atoms with E-state index in [0.717, 1.165) is 12.5 Å². The number of benzene rings is 1. The molecule has 0 spiro atoms. The Balaban J connectivity index is 2.16. The summed E-state index contributed by atoms with van der Waals surface area (Å²) in [6.45, 7) is 5.48. The van der Waals surface area contributed by atoms with Gasteiger partial charge < -0.3 is 4.90 Å². The Labute approximate surface area is 106 Å². The molecule has 4 heteroatoms. The lowest BCUT2D eigenvalue weighted by Gasteiger charge is -2.18. The smallest absolute Gasteiger partial charge is 0.256 e. The van der Waals surface area contributed by atoms with Gasteiger partial charge in [0.1, 0.15) is 0 Å². The number of amides is 1. The van der Waals surface area contributed by atoms with E-state index in [4.69, 9.17) is 0 Å². The van der Waals surface area contributed by atoms with Crippen molar-refractivity contribution >= 4 is 5.91 Å². The van der Waals surface area contributed by atoms with Crippen LogP contribution in [0.15, 0.2) is 18.2 Å². The predicted octanol–water partition coefficient (Wildman–Crippen LogP) is 3.08. The number of halogens is 2. The second-order valence-electron chi connectivity index (χ2n) is 5.15. The van der Waals surface area contributed by atoms with Gasteiger partial charge in [-0.2, -0.15) is 0 Å². The van der Waals surface area contributed by atoms with Crippen LogP contribution in [0.25, 0.3) is 0 Å². The molecule has 1 aromatic carbocycles. The van der Waals surface area contributed by atoms with Crippen LogP contribution in [0.5, 0.6) is 0 Å². The van der Waals surface area contributed by atoms with Crippen molar-refractivity contribution in [3.05, 3.63) is 35.4 Å². The second kappa shape index (κ2) is 5.04. The fourth-order valence-electron chi connectivity index (χ4n) is 2.36. The molecule has 1 amide bonds. The van der Waals surface area contributed by atoms with Gasteiger partial charge in [-0.3, -0.25) is 4.79 Å². The molecule has 18 heavy (non-hydrogen) atoms. The van der Waals surface area contributed by atoms with Crippen molar-refractivity contribution in [2.75, 3.05) is 13.1 Å². The number of carbonyl (C=O) groups excluding carboxylic acids is 1. The number of hydrogen-bond donors (Lipinski definition) is 0. The van der Waals surface area contributed by atoms with E-state index in [0.29, 0.717) is 24.9 Å². The Bertz CT molecular complexity index is 459. The fraction of sp³-hybridized carbons (Fsp3) is 0.500. The maximum atomic E-state index is 13.5. The van der Waals surface area contributed by atoms with Crippen LogP contribution in [0.3, 0.4) is 0 Å². The molecule has 1 aromatic rings. The number of nitrogens with zero attached hydrogens (tertiary/aromatic N) is 1. The van der Waals surface area contributed by atoms with Gasteiger partial charge in [-0.1, -0.05) is 19.9 Å². The van der Waals surface area contributed by atoms with Crippen molar-refractivity contribution in [2.45, 2.75) is 20.3 Å². The van der Waals surface area contributed by atoms with Crippen LogP contribution in [0.4, 0.5) is 8.78 Å². The highest BCUT2D eigenvalue weighted by atomic mass is 19.2. The summed E-state index contributed by atoms with van der Waals surface area (Å²) in [6.07, 6.45) is 0.931. The fourth-order valence-corrected chi connectivity index (χ4v) is 2.36. The first-order valence-corrected chi connectivity index (χ1v) is 6.24. The monoisotopic (exact) mass is 253 g/mol. The average Bonchev–Trinajstić information content (AvgIpc) is 2.81. The zero-order valence-electron chi connectivity index (χ0n) is 10.6. The molecule has 2 rings (SSSR count). The van der Waals surface area contributed by atoms with E-state index in [1.165, 1.54) is 12.1 Å². The standard InChI is InChI=1S/C14H17F2NO/c1-9(2)10-6-7-17(8-10)14(18)11-4-3-5-12(15)13(11)16/h3-5,9-10H,6-8H2,1-2H3. The molecule has 1 unspecified atom stereocenters. The molecule has 1 saturated heterocycles. The van der Waals surface area contributed by atoms with E-state index in [-0.39, 0.29) is 5.56 Å². The van der Waals surface area contributed by atoms with Crippen LogP contribution >= 0.6 is 0 Å². The third-order valence-electron chi connectivity index (χ3n) is 3.64. The number of rotatable bonds is 2. The lowest BCUT2D eigenvalue weighted by molar-refractivity contribution is 0.0778. The van der Waals surface area contributed by atoms with Gasteiger partial charge in [-0.15, -0.1) is 0 Å². The van der Waals surface area contributed by atoms with Crippen LogP contribution in [-0.4, -0.2) is 23.9 Å². The Morgan fingerprint density at radius 1 is 1.39 bits per heavy atom. The van der Waals surface area contributed by atoms with Crippen molar-refractivity contribution in [3.8, 4) is 0 Å². The third kappa shape index (κ3) is 2.37. The van der Waals surface area contributed by atoms with Gasteiger partial charge in [-0.25, -0.2) is 8.78 Å². The molecule has 0 aliphatic carbocycles. The normalized spacial score (nSPS) is 19.6. The van der Waals surface area contributed by atoms with Gasteiger partial charge in [0.2, 0.25) is 0 Å². The first-order chi connectivity index (χ1) is 8.50. The summed E-state index contributed by atoms with van der Waals surface area (Å²) in [5, 5.41) is 0. The summed E-state index contributed by atoms with van der Waals surface area (Å²) in [5.41, 5.74) is -0.167. The SMILES string of the molecule is CC(C)C1CCN(C(=O)c2cccc(F)c2F)C1. The molecule has 0 N–H and O–H groups in total. The molecular formula is C14H17F2NO. The highest BCUT2D eigenvalue weighted by molar-refractivity contribution is 5.94. The van der Waals surface area contributed by atoms with E-state index >= 15 is 0 Å². The summed E-state index contributed by atoms with van der Waals surface area (Å²) >= 11 is 0. The van der Waals surface area contributed by atoms with Gasteiger partial charge in [0, 0.05) is 13.1 Å². The highest BCUT2D eigenvalue weighted by Gasteiger charge is 2.30. The molecular weight excluding hydrogens is 236 g/mol. The maximum Gasteiger partial charge on any atom is 0.256 e. The summed E-state index contributed by atoms with van der Waals surface area (Å²) in [5.74, 6) is -1.48. The van der Waals surface area contributed by atoms with Gasteiger partial charge in [0.05, 0.1) is 5.56 Å². The zero-order valence-corrected chi connectivity index (χ0v) is 10.6. The molecule has 1 fully saturated rings. The minimum atomic E-state index is -1.05. The molecule has 1 aliphatic rings. The van der Waals surface area contributed by atoms with Crippen molar-refractivity contribution in [1.82, 2.24) is 4.90 Å². The van der Waals surface area contributed by atoms with Gasteiger partial charge >= 0.3 is 0 Å². The molecule has 1 atom stereocenters. The van der Waals surface area contributed by atoms with E-state index < -0.39 is 17.5 Å². The lowest BCUT2D eigenvalue weighted by atomic mass is 9.95.